The molecule has 0 N–H and O–H groups in total. The molecule has 1 aromatic heterocycles. The highest BCUT2D eigenvalue weighted by atomic mass is 16.5. The topological polar surface area (TPSA) is 58.6 Å². The molecule has 0 unspecified atom stereocenters. The van der Waals surface area contributed by atoms with Crippen LogP contribution in [0.3, 0.4) is 0 Å². The van der Waals surface area contributed by atoms with Crippen LogP contribution < -0.4 is 9.64 Å². The Labute approximate surface area is 138 Å². The van der Waals surface area contributed by atoms with Gasteiger partial charge in [0.25, 0.3) is 0 Å². The molecule has 0 spiro atoms. The number of piperazine rings is 1. The monoisotopic (exact) mass is 318 g/mol. The highest BCUT2D eigenvalue weighted by Crippen LogP contribution is 2.26. The number of amides is 1. The number of anilines is 1. The Morgan fingerprint density at radius 2 is 1.96 bits per heavy atom. The summed E-state index contributed by atoms with van der Waals surface area (Å²) in [5.41, 5.74) is 2.26. The fraction of sp³-hybridized carbons (Fsp3) is 0.588. The van der Waals surface area contributed by atoms with Crippen LogP contribution in [0.2, 0.25) is 0 Å². The van der Waals surface area contributed by atoms with E-state index in [4.69, 9.17) is 4.74 Å². The molecular formula is C17H26N4O2. The molecule has 0 saturated carbocycles. The van der Waals surface area contributed by atoms with Gasteiger partial charge in [0.1, 0.15) is 5.82 Å². The molecule has 6 heteroatoms. The van der Waals surface area contributed by atoms with E-state index in [2.05, 4.69) is 35.3 Å². The van der Waals surface area contributed by atoms with Crippen molar-refractivity contribution in [3.63, 3.8) is 0 Å². The number of nitrogens with zero attached hydrogens (tertiary/aromatic N) is 4. The molecule has 1 aliphatic rings. The Kier molecular flexibility index (Phi) is 5.96. The van der Waals surface area contributed by atoms with Crippen LogP contribution in [-0.4, -0.2) is 54.1 Å². The third-order valence-corrected chi connectivity index (χ3v) is 4.13. The molecule has 126 valence electrons. The Morgan fingerprint density at radius 3 is 2.48 bits per heavy atom. The first-order valence-electron chi connectivity index (χ1n) is 8.24. The average Bonchev–Trinajstić information content (AvgIpc) is 2.61. The molecule has 0 radical (unpaired) electrons. The van der Waals surface area contributed by atoms with E-state index < -0.39 is 0 Å². The molecule has 0 atom stereocenters. The van der Waals surface area contributed by atoms with Gasteiger partial charge in [-0.25, -0.2) is 0 Å². The van der Waals surface area contributed by atoms with Crippen molar-refractivity contribution in [2.45, 2.75) is 33.1 Å². The summed E-state index contributed by atoms with van der Waals surface area (Å²) >= 11 is 0. The van der Waals surface area contributed by atoms with Crippen molar-refractivity contribution in [1.82, 2.24) is 14.9 Å². The summed E-state index contributed by atoms with van der Waals surface area (Å²) in [6, 6.07) is 0.418. The molecule has 1 amide bonds. The lowest BCUT2D eigenvalue weighted by Gasteiger charge is -2.36. The molecule has 6 nitrogen and oxygen atoms in total. The highest BCUT2D eigenvalue weighted by Gasteiger charge is 2.24. The standard InChI is InChI=1S/C17H26N4O2/c1-5-8-13-14(6-2)18-17(23-4)19-16(13)21-11-9-20(10-12-21)15(22)7-3/h7H,3,5-6,8-12H2,1-2,4H3. The zero-order valence-corrected chi connectivity index (χ0v) is 14.3. The first-order chi connectivity index (χ1) is 11.1. The summed E-state index contributed by atoms with van der Waals surface area (Å²) in [6.45, 7) is 10.7. The van der Waals surface area contributed by atoms with Crippen LogP contribution >= 0.6 is 0 Å². The first kappa shape index (κ1) is 17.2. The summed E-state index contributed by atoms with van der Waals surface area (Å²) < 4.78 is 5.27. The second-order valence-corrected chi connectivity index (χ2v) is 5.58. The minimum atomic E-state index is -0.00653. The lowest BCUT2D eigenvalue weighted by molar-refractivity contribution is -0.126. The number of aryl methyl sites for hydroxylation is 1. The Morgan fingerprint density at radius 1 is 1.26 bits per heavy atom. The van der Waals surface area contributed by atoms with E-state index in [1.807, 2.05) is 4.90 Å². The third-order valence-electron chi connectivity index (χ3n) is 4.13. The van der Waals surface area contributed by atoms with Crippen LogP contribution in [0.1, 0.15) is 31.5 Å². The van der Waals surface area contributed by atoms with Crippen LogP contribution in [0.25, 0.3) is 0 Å². The van der Waals surface area contributed by atoms with Crippen LogP contribution in [0.4, 0.5) is 5.82 Å². The number of methoxy groups -OCH3 is 1. The first-order valence-corrected chi connectivity index (χ1v) is 8.24. The van der Waals surface area contributed by atoms with E-state index >= 15 is 0 Å². The molecule has 1 saturated heterocycles. The SMILES string of the molecule is C=CC(=O)N1CCN(c2nc(OC)nc(CC)c2CCC)CC1. The highest BCUT2D eigenvalue weighted by molar-refractivity contribution is 5.87. The summed E-state index contributed by atoms with van der Waals surface area (Å²) in [6.07, 6.45) is 4.23. The summed E-state index contributed by atoms with van der Waals surface area (Å²) in [5, 5.41) is 0. The van der Waals surface area contributed by atoms with Gasteiger partial charge in [0.15, 0.2) is 0 Å². The maximum Gasteiger partial charge on any atom is 0.318 e. The minimum absolute atomic E-state index is 0.00653. The third kappa shape index (κ3) is 3.81. The van der Waals surface area contributed by atoms with E-state index in [1.54, 1.807) is 7.11 Å². The van der Waals surface area contributed by atoms with Crippen molar-refractivity contribution in [3.8, 4) is 6.01 Å². The van der Waals surface area contributed by atoms with Gasteiger partial charge in [-0.1, -0.05) is 26.8 Å². The van der Waals surface area contributed by atoms with Gasteiger partial charge in [0.05, 0.1) is 12.8 Å². The van der Waals surface area contributed by atoms with E-state index in [-0.39, 0.29) is 5.91 Å². The van der Waals surface area contributed by atoms with Crippen molar-refractivity contribution >= 4 is 11.7 Å². The van der Waals surface area contributed by atoms with Crippen LogP contribution in [0.5, 0.6) is 6.01 Å². The number of carbonyl (C=O) groups excluding carboxylic acids is 1. The van der Waals surface area contributed by atoms with E-state index in [0.29, 0.717) is 19.1 Å². The lowest BCUT2D eigenvalue weighted by atomic mass is 10.1. The number of hydrogen-bond donors (Lipinski definition) is 0. The van der Waals surface area contributed by atoms with E-state index in [9.17, 15) is 4.79 Å². The fourth-order valence-corrected chi connectivity index (χ4v) is 2.91. The molecule has 2 heterocycles. The van der Waals surface area contributed by atoms with Gasteiger partial charge in [0.2, 0.25) is 5.91 Å². The number of hydrogen-bond acceptors (Lipinski definition) is 5. The normalized spacial score (nSPS) is 14.7. The van der Waals surface area contributed by atoms with Gasteiger partial charge in [-0.15, -0.1) is 0 Å². The maximum atomic E-state index is 11.7. The van der Waals surface area contributed by atoms with Gasteiger partial charge in [-0.3, -0.25) is 4.79 Å². The van der Waals surface area contributed by atoms with Crippen LogP contribution in [0.15, 0.2) is 12.7 Å². The Bertz CT molecular complexity index is 566. The maximum absolute atomic E-state index is 11.7. The van der Waals surface area contributed by atoms with Gasteiger partial charge in [-0.05, 0) is 18.9 Å². The smallest absolute Gasteiger partial charge is 0.318 e. The van der Waals surface area contributed by atoms with E-state index in [0.717, 1.165) is 43.9 Å². The summed E-state index contributed by atoms with van der Waals surface area (Å²) in [4.78, 5) is 24.9. The largest absolute Gasteiger partial charge is 0.467 e. The molecule has 0 aromatic carbocycles. The zero-order chi connectivity index (χ0) is 16.8. The molecule has 0 bridgehead atoms. The molecule has 1 aromatic rings. The lowest BCUT2D eigenvalue weighted by Crippen LogP contribution is -2.49. The van der Waals surface area contributed by atoms with Gasteiger partial charge < -0.3 is 14.5 Å². The second-order valence-electron chi connectivity index (χ2n) is 5.58. The number of carbonyl (C=O) groups is 1. The zero-order valence-electron chi connectivity index (χ0n) is 14.3. The quantitative estimate of drug-likeness (QED) is 0.749. The molecule has 2 rings (SSSR count). The summed E-state index contributed by atoms with van der Waals surface area (Å²) in [7, 11) is 1.60. The molecular weight excluding hydrogens is 292 g/mol. The average molecular weight is 318 g/mol. The van der Waals surface area contributed by atoms with Gasteiger partial charge in [-0.2, -0.15) is 9.97 Å². The number of ether oxygens (including phenoxy) is 1. The van der Waals surface area contributed by atoms with Crippen molar-refractivity contribution in [1.29, 1.82) is 0 Å². The summed E-state index contributed by atoms with van der Waals surface area (Å²) in [5.74, 6) is 0.953. The van der Waals surface area contributed by atoms with Gasteiger partial charge >= 0.3 is 6.01 Å². The Balaban J connectivity index is 2.27. The minimum Gasteiger partial charge on any atom is -0.467 e. The Hall–Kier alpha value is -2.11. The van der Waals surface area contributed by atoms with Crippen molar-refractivity contribution in [3.05, 3.63) is 23.9 Å². The van der Waals surface area contributed by atoms with Crippen molar-refractivity contribution in [2.24, 2.45) is 0 Å². The van der Waals surface area contributed by atoms with E-state index in [1.165, 1.54) is 11.6 Å². The van der Waals surface area contributed by atoms with Crippen LogP contribution in [0, 0.1) is 0 Å². The van der Waals surface area contributed by atoms with Gasteiger partial charge in [0, 0.05) is 31.7 Å². The van der Waals surface area contributed by atoms with Crippen molar-refractivity contribution < 1.29 is 9.53 Å². The fourth-order valence-electron chi connectivity index (χ4n) is 2.91. The molecule has 0 aliphatic carbocycles. The second kappa shape index (κ2) is 7.94. The predicted octanol–water partition coefficient (Wildman–Crippen LogP) is 1.83. The number of rotatable bonds is 6. The van der Waals surface area contributed by atoms with Crippen LogP contribution in [-0.2, 0) is 17.6 Å². The predicted molar refractivity (Wildman–Crippen MR) is 90.9 cm³/mol. The number of aromatic nitrogens is 2. The molecule has 23 heavy (non-hydrogen) atoms. The van der Waals surface area contributed by atoms with Crippen molar-refractivity contribution in [2.75, 3.05) is 38.2 Å². The molecule has 1 aliphatic heterocycles. The molecule has 1 fully saturated rings.